The molecule has 0 spiro atoms. The van der Waals surface area contributed by atoms with Crippen molar-refractivity contribution in [1.29, 1.82) is 0 Å². The minimum Gasteiger partial charge on any atom is -0.356 e. The number of aryl methyl sites for hydroxylation is 3. The third-order valence-electron chi connectivity index (χ3n) is 5.28. The van der Waals surface area contributed by atoms with Crippen molar-refractivity contribution in [1.82, 2.24) is 9.97 Å². The van der Waals surface area contributed by atoms with Crippen molar-refractivity contribution in [3.8, 4) is 0 Å². The molecule has 0 bridgehead atoms. The predicted molar refractivity (Wildman–Crippen MR) is 125 cm³/mol. The van der Waals surface area contributed by atoms with Gasteiger partial charge in [-0.05, 0) is 69.5 Å². The van der Waals surface area contributed by atoms with Gasteiger partial charge in [0, 0.05) is 36.2 Å². The Morgan fingerprint density at radius 3 is 2.23 bits per heavy atom. The maximum absolute atomic E-state index is 12.8. The zero-order chi connectivity index (χ0) is 22.0. The highest BCUT2D eigenvalue weighted by Gasteiger charge is 2.17. The van der Waals surface area contributed by atoms with E-state index >= 15 is 0 Å². The van der Waals surface area contributed by atoms with Gasteiger partial charge in [0.1, 0.15) is 5.82 Å². The average Bonchev–Trinajstić information content (AvgIpc) is 3.23. The van der Waals surface area contributed by atoms with Gasteiger partial charge in [0.2, 0.25) is 5.95 Å². The second-order valence-corrected chi connectivity index (χ2v) is 9.61. The topological polar surface area (TPSA) is 87.2 Å². The Balaban J connectivity index is 1.48. The molecule has 0 atom stereocenters. The SMILES string of the molecule is Cc1ccc(S(=O)(=O)Nc2ccc(Nc3nc(C)cc(N4CCCC4)n3)cc2)c(C)c1. The van der Waals surface area contributed by atoms with E-state index in [1.54, 1.807) is 43.3 Å². The van der Waals surface area contributed by atoms with Crippen molar-refractivity contribution < 1.29 is 8.42 Å². The van der Waals surface area contributed by atoms with Crippen LogP contribution >= 0.6 is 0 Å². The molecule has 1 aromatic heterocycles. The molecule has 162 valence electrons. The lowest BCUT2D eigenvalue weighted by atomic mass is 10.2. The average molecular weight is 438 g/mol. The predicted octanol–water partition coefficient (Wildman–Crippen LogP) is 4.55. The zero-order valence-electron chi connectivity index (χ0n) is 18.0. The fourth-order valence-corrected chi connectivity index (χ4v) is 5.06. The van der Waals surface area contributed by atoms with Crippen LogP contribution in [0.3, 0.4) is 0 Å². The zero-order valence-corrected chi connectivity index (χ0v) is 18.8. The van der Waals surface area contributed by atoms with Crippen molar-refractivity contribution in [3.05, 3.63) is 65.4 Å². The van der Waals surface area contributed by atoms with Crippen molar-refractivity contribution >= 4 is 33.2 Å². The maximum Gasteiger partial charge on any atom is 0.262 e. The normalized spacial score (nSPS) is 14.0. The first-order valence-corrected chi connectivity index (χ1v) is 11.9. The Bertz CT molecular complexity index is 1190. The molecular weight excluding hydrogens is 410 g/mol. The van der Waals surface area contributed by atoms with Gasteiger partial charge in [0.25, 0.3) is 10.0 Å². The number of nitrogens with one attached hydrogen (secondary N) is 2. The first kappa shape index (κ1) is 21.1. The van der Waals surface area contributed by atoms with E-state index in [0.717, 1.165) is 41.4 Å². The van der Waals surface area contributed by atoms with Gasteiger partial charge in [0.05, 0.1) is 4.90 Å². The summed E-state index contributed by atoms with van der Waals surface area (Å²) in [5.74, 6) is 1.47. The third-order valence-corrected chi connectivity index (χ3v) is 6.83. The van der Waals surface area contributed by atoms with Crippen LogP contribution in [0.2, 0.25) is 0 Å². The largest absolute Gasteiger partial charge is 0.356 e. The summed E-state index contributed by atoms with van der Waals surface area (Å²) < 4.78 is 28.2. The number of hydrogen-bond acceptors (Lipinski definition) is 6. The van der Waals surface area contributed by atoms with Gasteiger partial charge < -0.3 is 10.2 Å². The van der Waals surface area contributed by atoms with Crippen LogP contribution in [0.1, 0.15) is 29.7 Å². The lowest BCUT2D eigenvalue weighted by molar-refractivity contribution is 0.600. The highest BCUT2D eigenvalue weighted by atomic mass is 32.2. The Labute approximate surface area is 183 Å². The highest BCUT2D eigenvalue weighted by Crippen LogP contribution is 2.24. The van der Waals surface area contributed by atoms with Gasteiger partial charge in [-0.2, -0.15) is 4.98 Å². The van der Waals surface area contributed by atoms with Crippen LogP contribution in [0.25, 0.3) is 0 Å². The number of nitrogens with zero attached hydrogens (tertiary/aromatic N) is 3. The number of rotatable bonds is 6. The van der Waals surface area contributed by atoms with E-state index < -0.39 is 10.0 Å². The molecule has 1 aliphatic heterocycles. The fourth-order valence-electron chi connectivity index (χ4n) is 3.78. The minimum atomic E-state index is -3.65. The number of sulfonamides is 1. The summed E-state index contributed by atoms with van der Waals surface area (Å²) in [5, 5.41) is 3.22. The summed E-state index contributed by atoms with van der Waals surface area (Å²) in [6.45, 7) is 7.73. The standard InChI is InChI=1S/C23H27N5O2S/c1-16-6-11-21(17(2)14-16)31(29,30)27-20-9-7-19(8-10-20)25-23-24-18(3)15-22(26-23)28-12-4-5-13-28/h6-11,14-15,27H,4-5,12-13H2,1-3H3,(H,24,25,26). The summed E-state index contributed by atoms with van der Waals surface area (Å²) in [6.07, 6.45) is 2.37. The number of hydrogen-bond donors (Lipinski definition) is 2. The molecule has 1 saturated heterocycles. The van der Waals surface area contributed by atoms with E-state index in [-0.39, 0.29) is 4.90 Å². The first-order valence-electron chi connectivity index (χ1n) is 10.4. The van der Waals surface area contributed by atoms with Crippen molar-refractivity contribution in [2.24, 2.45) is 0 Å². The Morgan fingerprint density at radius 2 is 1.55 bits per heavy atom. The summed E-state index contributed by atoms with van der Waals surface area (Å²) in [7, 11) is -3.65. The van der Waals surface area contributed by atoms with Crippen LogP contribution in [-0.4, -0.2) is 31.5 Å². The second kappa shape index (κ2) is 8.55. The van der Waals surface area contributed by atoms with Crippen LogP contribution in [0.4, 0.5) is 23.1 Å². The molecule has 2 N–H and O–H groups in total. The van der Waals surface area contributed by atoms with E-state index in [1.807, 2.05) is 26.0 Å². The van der Waals surface area contributed by atoms with E-state index in [2.05, 4.69) is 24.9 Å². The van der Waals surface area contributed by atoms with Crippen molar-refractivity contribution in [2.75, 3.05) is 28.0 Å². The Hall–Kier alpha value is -3.13. The summed E-state index contributed by atoms with van der Waals surface area (Å²) in [6, 6.07) is 14.4. The van der Waals surface area contributed by atoms with E-state index in [1.165, 1.54) is 12.8 Å². The molecule has 8 heteroatoms. The molecule has 0 unspecified atom stereocenters. The lowest BCUT2D eigenvalue weighted by Gasteiger charge is -2.17. The quantitative estimate of drug-likeness (QED) is 0.588. The molecule has 2 heterocycles. The molecule has 0 aliphatic carbocycles. The molecule has 31 heavy (non-hydrogen) atoms. The van der Waals surface area contributed by atoms with Gasteiger partial charge in [-0.3, -0.25) is 4.72 Å². The maximum atomic E-state index is 12.8. The molecule has 1 aliphatic rings. The van der Waals surface area contributed by atoms with Crippen molar-refractivity contribution in [3.63, 3.8) is 0 Å². The van der Waals surface area contributed by atoms with Gasteiger partial charge in [-0.1, -0.05) is 17.7 Å². The van der Waals surface area contributed by atoms with Gasteiger partial charge in [0.15, 0.2) is 0 Å². The Kier molecular flexibility index (Phi) is 5.82. The minimum absolute atomic E-state index is 0.280. The number of aromatic nitrogens is 2. The molecule has 0 radical (unpaired) electrons. The molecule has 3 aromatic rings. The van der Waals surface area contributed by atoms with E-state index in [4.69, 9.17) is 0 Å². The highest BCUT2D eigenvalue weighted by molar-refractivity contribution is 7.92. The molecule has 1 fully saturated rings. The Morgan fingerprint density at radius 1 is 0.871 bits per heavy atom. The molecule has 7 nitrogen and oxygen atoms in total. The molecule has 2 aromatic carbocycles. The first-order chi connectivity index (χ1) is 14.8. The second-order valence-electron chi connectivity index (χ2n) is 7.96. The van der Waals surface area contributed by atoms with Crippen LogP contribution in [0, 0.1) is 20.8 Å². The lowest BCUT2D eigenvalue weighted by Crippen LogP contribution is -2.19. The summed E-state index contributed by atoms with van der Waals surface area (Å²) in [4.78, 5) is 11.7. The van der Waals surface area contributed by atoms with Crippen LogP contribution in [0.15, 0.2) is 53.4 Å². The van der Waals surface area contributed by atoms with Gasteiger partial charge >= 0.3 is 0 Å². The molecule has 4 rings (SSSR count). The number of benzene rings is 2. The van der Waals surface area contributed by atoms with E-state index in [9.17, 15) is 8.42 Å². The fraction of sp³-hybridized carbons (Fsp3) is 0.304. The van der Waals surface area contributed by atoms with E-state index in [0.29, 0.717) is 11.6 Å². The molecule has 0 amide bonds. The van der Waals surface area contributed by atoms with Crippen molar-refractivity contribution in [2.45, 2.75) is 38.5 Å². The van der Waals surface area contributed by atoms with Gasteiger partial charge in [-0.15, -0.1) is 0 Å². The summed E-state index contributed by atoms with van der Waals surface area (Å²) in [5.41, 5.74) is 3.92. The van der Waals surface area contributed by atoms with Gasteiger partial charge in [-0.25, -0.2) is 13.4 Å². The summed E-state index contributed by atoms with van der Waals surface area (Å²) >= 11 is 0. The van der Waals surface area contributed by atoms with Crippen LogP contribution in [0.5, 0.6) is 0 Å². The number of anilines is 4. The van der Waals surface area contributed by atoms with Crippen LogP contribution < -0.4 is 14.9 Å². The third kappa shape index (κ3) is 4.96. The monoisotopic (exact) mass is 437 g/mol. The van der Waals surface area contributed by atoms with Crippen LogP contribution in [-0.2, 0) is 10.0 Å². The smallest absolute Gasteiger partial charge is 0.262 e. The molecular formula is C23H27N5O2S. The molecule has 0 saturated carbocycles.